The molecule has 0 spiro atoms. The summed E-state index contributed by atoms with van der Waals surface area (Å²) in [6.45, 7) is 2.35. The zero-order valence-electron chi connectivity index (χ0n) is 9.34. The molecule has 5 heteroatoms. The standard InChI is InChI=1S/C11H14N2O2S/c1-3-8-13(2)16(14,15)11-7-5-4-6-10(11)9-12/h4-7H,3,8H2,1-2H3. The van der Waals surface area contributed by atoms with Crippen LogP contribution in [0.3, 0.4) is 0 Å². The van der Waals surface area contributed by atoms with Crippen molar-refractivity contribution in [1.29, 1.82) is 5.26 Å². The molecule has 0 N–H and O–H groups in total. The summed E-state index contributed by atoms with van der Waals surface area (Å²) in [6.07, 6.45) is 0.741. The fourth-order valence-corrected chi connectivity index (χ4v) is 2.79. The van der Waals surface area contributed by atoms with Crippen molar-refractivity contribution in [3.63, 3.8) is 0 Å². The van der Waals surface area contributed by atoms with Crippen LogP contribution in [-0.2, 0) is 10.0 Å². The van der Waals surface area contributed by atoms with Gasteiger partial charge in [0.05, 0.1) is 10.5 Å². The van der Waals surface area contributed by atoms with Crippen LogP contribution in [0.1, 0.15) is 18.9 Å². The second-order valence-electron chi connectivity index (χ2n) is 3.43. The maximum atomic E-state index is 12.1. The van der Waals surface area contributed by atoms with E-state index in [-0.39, 0.29) is 10.5 Å². The first-order valence-electron chi connectivity index (χ1n) is 4.99. The van der Waals surface area contributed by atoms with Gasteiger partial charge in [-0.05, 0) is 18.6 Å². The first kappa shape index (κ1) is 12.7. The molecule has 1 aromatic carbocycles. The molecule has 0 aromatic heterocycles. The lowest BCUT2D eigenvalue weighted by Gasteiger charge is -2.16. The predicted molar refractivity (Wildman–Crippen MR) is 61.3 cm³/mol. The molecule has 0 amide bonds. The summed E-state index contributed by atoms with van der Waals surface area (Å²) in [5.41, 5.74) is 0.186. The summed E-state index contributed by atoms with van der Waals surface area (Å²) in [5, 5.41) is 8.86. The summed E-state index contributed by atoms with van der Waals surface area (Å²) in [4.78, 5) is 0.0773. The Balaban J connectivity index is 3.23. The molecule has 0 bridgehead atoms. The Labute approximate surface area is 96.2 Å². The second kappa shape index (κ2) is 5.10. The second-order valence-corrected chi connectivity index (χ2v) is 5.45. The maximum Gasteiger partial charge on any atom is 0.244 e. The third kappa shape index (κ3) is 2.40. The number of rotatable bonds is 4. The van der Waals surface area contributed by atoms with E-state index in [4.69, 9.17) is 5.26 Å². The molecular weight excluding hydrogens is 224 g/mol. The van der Waals surface area contributed by atoms with Crippen LogP contribution in [0.4, 0.5) is 0 Å². The first-order chi connectivity index (χ1) is 7.54. The molecule has 0 aliphatic heterocycles. The molecule has 0 atom stereocenters. The lowest BCUT2D eigenvalue weighted by molar-refractivity contribution is 0.468. The highest BCUT2D eigenvalue weighted by atomic mass is 32.2. The Hall–Kier alpha value is -1.38. The van der Waals surface area contributed by atoms with Gasteiger partial charge in [0.2, 0.25) is 10.0 Å². The molecule has 4 nitrogen and oxygen atoms in total. The number of hydrogen-bond acceptors (Lipinski definition) is 3. The Kier molecular flexibility index (Phi) is 4.05. The SMILES string of the molecule is CCCN(C)S(=O)(=O)c1ccccc1C#N. The van der Waals surface area contributed by atoms with Crippen molar-refractivity contribution in [3.05, 3.63) is 29.8 Å². The fraction of sp³-hybridized carbons (Fsp3) is 0.364. The zero-order valence-corrected chi connectivity index (χ0v) is 10.2. The minimum atomic E-state index is -3.53. The van der Waals surface area contributed by atoms with Crippen molar-refractivity contribution in [2.24, 2.45) is 0 Å². The number of sulfonamides is 1. The minimum absolute atomic E-state index is 0.0773. The summed E-state index contributed by atoms with van der Waals surface area (Å²) in [6, 6.07) is 8.13. The van der Waals surface area contributed by atoms with Crippen LogP contribution < -0.4 is 0 Å². The number of benzene rings is 1. The molecule has 1 aromatic rings. The normalized spacial score (nSPS) is 11.4. The van der Waals surface area contributed by atoms with Crippen LogP contribution in [-0.4, -0.2) is 26.3 Å². The van der Waals surface area contributed by atoms with Crippen LogP contribution in [0.15, 0.2) is 29.2 Å². The van der Waals surface area contributed by atoms with Gasteiger partial charge in [-0.25, -0.2) is 12.7 Å². The van der Waals surface area contributed by atoms with Gasteiger partial charge in [0.15, 0.2) is 0 Å². The summed E-state index contributed by atoms with van der Waals surface area (Å²) in [5.74, 6) is 0. The van der Waals surface area contributed by atoms with E-state index in [9.17, 15) is 8.42 Å². The topological polar surface area (TPSA) is 61.2 Å². The Morgan fingerprint density at radius 3 is 2.56 bits per heavy atom. The molecule has 86 valence electrons. The van der Waals surface area contributed by atoms with E-state index in [1.54, 1.807) is 12.1 Å². The monoisotopic (exact) mass is 238 g/mol. The van der Waals surface area contributed by atoms with Crippen LogP contribution >= 0.6 is 0 Å². The Morgan fingerprint density at radius 2 is 2.00 bits per heavy atom. The summed E-state index contributed by atoms with van der Waals surface area (Å²) in [7, 11) is -2.01. The van der Waals surface area contributed by atoms with E-state index < -0.39 is 10.0 Å². The zero-order chi connectivity index (χ0) is 12.2. The smallest absolute Gasteiger partial charge is 0.207 e. The van der Waals surface area contributed by atoms with Gasteiger partial charge in [0, 0.05) is 13.6 Å². The van der Waals surface area contributed by atoms with Crippen LogP contribution in [0.5, 0.6) is 0 Å². The van der Waals surface area contributed by atoms with Gasteiger partial charge >= 0.3 is 0 Å². The lowest BCUT2D eigenvalue weighted by Crippen LogP contribution is -2.28. The molecule has 0 saturated heterocycles. The predicted octanol–water partition coefficient (Wildman–Crippen LogP) is 1.59. The molecule has 0 unspecified atom stereocenters. The number of nitriles is 1. The van der Waals surface area contributed by atoms with E-state index in [0.29, 0.717) is 6.54 Å². The van der Waals surface area contributed by atoms with Crippen molar-refractivity contribution in [3.8, 4) is 6.07 Å². The molecular formula is C11H14N2O2S. The number of hydrogen-bond donors (Lipinski definition) is 0. The highest BCUT2D eigenvalue weighted by Crippen LogP contribution is 2.18. The highest BCUT2D eigenvalue weighted by molar-refractivity contribution is 7.89. The average Bonchev–Trinajstić information content (AvgIpc) is 2.29. The van der Waals surface area contributed by atoms with Crippen LogP contribution in [0.25, 0.3) is 0 Å². The van der Waals surface area contributed by atoms with E-state index in [1.807, 2.05) is 13.0 Å². The maximum absolute atomic E-state index is 12.1. The van der Waals surface area contributed by atoms with E-state index in [0.717, 1.165) is 6.42 Å². The van der Waals surface area contributed by atoms with Gasteiger partial charge in [-0.15, -0.1) is 0 Å². The molecule has 0 aliphatic rings. The largest absolute Gasteiger partial charge is 0.244 e. The molecule has 0 aliphatic carbocycles. The highest BCUT2D eigenvalue weighted by Gasteiger charge is 2.22. The molecule has 0 fully saturated rings. The number of nitrogens with zero attached hydrogens (tertiary/aromatic N) is 2. The van der Waals surface area contributed by atoms with Gasteiger partial charge in [0.25, 0.3) is 0 Å². The van der Waals surface area contributed by atoms with Gasteiger partial charge in [-0.1, -0.05) is 19.1 Å². The van der Waals surface area contributed by atoms with Gasteiger partial charge in [-0.2, -0.15) is 5.26 Å². The van der Waals surface area contributed by atoms with Crippen molar-refractivity contribution in [2.45, 2.75) is 18.2 Å². The van der Waals surface area contributed by atoms with Crippen LogP contribution in [0.2, 0.25) is 0 Å². The van der Waals surface area contributed by atoms with E-state index in [2.05, 4.69) is 0 Å². The molecule has 0 saturated carbocycles. The Bertz CT molecular complexity index is 503. The fourth-order valence-electron chi connectivity index (χ4n) is 1.39. The average molecular weight is 238 g/mol. The quantitative estimate of drug-likeness (QED) is 0.800. The molecule has 1 rings (SSSR count). The van der Waals surface area contributed by atoms with Crippen LogP contribution in [0, 0.1) is 11.3 Å². The molecule has 0 radical (unpaired) electrons. The molecule has 0 heterocycles. The Morgan fingerprint density at radius 1 is 1.38 bits per heavy atom. The van der Waals surface area contributed by atoms with E-state index in [1.165, 1.54) is 23.5 Å². The molecule has 16 heavy (non-hydrogen) atoms. The van der Waals surface area contributed by atoms with Crippen molar-refractivity contribution >= 4 is 10.0 Å². The van der Waals surface area contributed by atoms with Crippen molar-refractivity contribution in [1.82, 2.24) is 4.31 Å². The van der Waals surface area contributed by atoms with Gasteiger partial charge in [-0.3, -0.25) is 0 Å². The van der Waals surface area contributed by atoms with Crippen molar-refractivity contribution < 1.29 is 8.42 Å². The van der Waals surface area contributed by atoms with Gasteiger partial charge in [0.1, 0.15) is 6.07 Å². The van der Waals surface area contributed by atoms with Crippen molar-refractivity contribution in [2.75, 3.05) is 13.6 Å². The van der Waals surface area contributed by atoms with Gasteiger partial charge < -0.3 is 0 Å². The first-order valence-corrected chi connectivity index (χ1v) is 6.43. The summed E-state index contributed by atoms with van der Waals surface area (Å²) >= 11 is 0. The lowest BCUT2D eigenvalue weighted by atomic mass is 10.2. The third-order valence-corrected chi connectivity index (χ3v) is 4.15. The van der Waals surface area contributed by atoms with E-state index >= 15 is 0 Å². The summed E-state index contributed by atoms with van der Waals surface area (Å²) < 4.78 is 25.4. The third-order valence-electron chi connectivity index (χ3n) is 2.23. The minimum Gasteiger partial charge on any atom is -0.207 e.